The zero-order valence-electron chi connectivity index (χ0n) is 16.9. The molecular formula is C16H36HfO8. The first-order chi connectivity index (χ1) is 11.1. The fraction of sp³-hybridized carbons (Fsp3) is 1.00. The van der Waals surface area contributed by atoms with Crippen molar-refractivity contribution in [1.29, 1.82) is 0 Å². The van der Waals surface area contributed by atoms with E-state index in [1.54, 1.807) is 27.7 Å². The molecule has 152 valence electrons. The van der Waals surface area contributed by atoms with Crippen LogP contribution in [0.1, 0.15) is 27.7 Å². The Hall–Kier alpha value is 0.550. The van der Waals surface area contributed by atoms with E-state index in [1.165, 1.54) is 28.4 Å². The van der Waals surface area contributed by atoms with E-state index >= 15 is 0 Å². The third-order valence-electron chi connectivity index (χ3n) is 1.61. The average molecular weight is 535 g/mol. The first-order valence-corrected chi connectivity index (χ1v) is 7.67. The van der Waals surface area contributed by atoms with E-state index in [4.69, 9.17) is 0 Å². The van der Waals surface area contributed by atoms with E-state index in [9.17, 15) is 20.4 Å². The van der Waals surface area contributed by atoms with Gasteiger partial charge in [0.15, 0.2) is 0 Å². The zero-order chi connectivity index (χ0) is 20.0. The largest absolute Gasteiger partial charge is 4.00 e. The van der Waals surface area contributed by atoms with Gasteiger partial charge in [0.2, 0.25) is 0 Å². The molecule has 4 unspecified atom stereocenters. The standard InChI is InChI=1S/4C4H9O2.Hf/c4*1-4(5)3-6-2;/h4*4H,3H2,1-2H3;/q4*-1;+4. The summed E-state index contributed by atoms with van der Waals surface area (Å²) in [5.41, 5.74) is 0. The number of ether oxygens (including phenoxy) is 4. The summed E-state index contributed by atoms with van der Waals surface area (Å²) < 4.78 is 18.0. The Morgan fingerprint density at radius 3 is 0.600 bits per heavy atom. The van der Waals surface area contributed by atoms with Crippen molar-refractivity contribution < 1.29 is 65.2 Å². The van der Waals surface area contributed by atoms with Gasteiger partial charge in [-0.3, -0.25) is 0 Å². The number of methoxy groups -OCH3 is 4. The first-order valence-electron chi connectivity index (χ1n) is 7.67. The van der Waals surface area contributed by atoms with Crippen LogP contribution in [-0.2, 0) is 44.8 Å². The van der Waals surface area contributed by atoms with Crippen molar-refractivity contribution in [2.45, 2.75) is 52.1 Å². The van der Waals surface area contributed by atoms with Gasteiger partial charge in [-0.05, 0) is 0 Å². The molecule has 0 saturated carbocycles. The minimum absolute atomic E-state index is 0. The Balaban J connectivity index is -0.0000000702. The molecule has 0 aliphatic carbocycles. The van der Waals surface area contributed by atoms with Crippen molar-refractivity contribution in [3.8, 4) is 0 Å². The smallest absolute Gasteiger partial charge is 0.851 e. The second-order valence-electron chi connectivity index (χ2n) is 5.06. The van der Waals surface area contributed by atoms with Crippen molar-refractivity contribution in [3.63, 3.8) is 0 Å². The Bertz CT molecular complexity index is 153. The first kappa shape index (κ1) is 36.5. The summed E-state index contributed by atoms with van der Waals surface area (Å²) in [6.07, 6.45) is -2.30. The molecule has 4 atom stereocenters. The monoisotopic (exact) mass is 536 g/mol. The maximum absolute atomic E-state index is 10.0. The van der Waals surface area contributed by atoms with Crippen LogP contribution in [0, 0.1) is 0 Å². The average Bonchev–Trinajstić information content (AvgIpc) is 2.39. The minimum atomic E-state index is -0.574. The molecule has 0 aromatic rings. The molecule has 9 heteroatoms. The van der Waals surface area contributed by atoms with Gasteiger partial charge in [-0.25, -0.2) is 0 Å². The Morgan fingerprint density at radius 2 is 0.600 bits per heavy atom. The van der Waals surface area contributed by atoms with Gasteiger partial charge in [0.25, 0.3) is 0 Å². The molecule has 0 spiro atoms. The summed E-state index contributed by atoms with van der Waals surface area (Å²) in [5, 5.41) is 40.0. The van der Waals surface area contributed by atoms with Gasteiger partial charge in [-0.2, -0.15) is 0 Å². The molecule has 0 radical (unpaired) electrons. The molecule has 0 bridgehead atoms. The molecule has 0 saturated heterocycles. The van der Waals surface area contributed by atoms with Crippen molar-refractivity contribution >= 4 is 0 Å². The molecule has 0 aromatic heterocycles. The third kappa shape index (κ3) is 79.3. The van der Waals surface area contributed by atoms with Crippen molar-refractivity contribution in [3.05, 3.63) is 0 Å². The summed E-state index contributed by atoms with van der Waals surface area (Å²) >= 11 is 0. The van der Waals surface area contributed by atoms with Gasteiger partial charge in [-0.1, -0.05) is 27.7 Å². The van der Waals surface area contributed by atoms with Gasteiger partial charge >= 0.3 is 25.8 Å². The fourth-order valence-corrected chi connectivity index (χ4v) is 0.939. The summed E-state index contributed by atoms with van der Waals surface area (Å²) in [4.78, 5) is 0. The topological polar surface area (TPSA) is 129 Å². The van der Waals surface area contributed by atoms with Crippen LogP contribution >= 0.6 is 0 Å². The van der Waals surface area contributed by atoms with E-state index in [2.05, 4.69) is 18.9 Å². The molecule has 0 N–H and O–H groups in total. The maximum atomic E-state index is 10.0. The molecule has 0 aromatic carbocycles. The van der Waals surface area contributed by atoms with E-state index < -0.39 is 24.4 Å². The van der Waals surface area contributed by atoms with Crippen LogP contribution in [0.25, 0.3) is 0 Å². The summed E-state index contributed by atoms with van der Waals surface area (Å²) in [7, 11) is 6.09. The zero-order valence-corrected chi connectivity index (χ0v) is 20.5. The molecule has 0 heterocycles. The van der Waals surface area contributed by atoms with E-state index in [0.717, 1.165) is 0 Å². The van der Waals surface area contributed by atoms with Crippen LogP contribution in [0.15, 0.2) is 0 Å². The molecule has 0 fully saturated rings. The normalized spacial score (nSPS) is 13.9. The third-order valence-corrected chi connectivity index (χ3v) is 1.61. The number of rotatable bonds is 8. The molecule has 0 aliphatic heterocycles. The molecule has 8 nitrogen and oxygen atoms in total. The summed E-state index contributed by atoms with van der Waals surface area (Å²) in [6, 6.07) is 0. The van der Waals surface area contributed by atoms with Crippen LogP contribution in [0.5, 0.6) is 0 Å². The molecule has 0 aliphatic rings. The van der Waals surface area contributed by atoms with Gasteiger partial charge in [0, 0.05) is 54.9 Å². The molecule has 0 amide bonds. The quantitative estimate of drug-likeness (QED) is 0.313. The summed E-state index contributed by atoms with van der Waals surface area (Å²) in [6.45, 7) is 7.57. The SMILES string of the molecule is COCC(C)[O-].COCC(C)[O-].COCC(C)[O-].COCC(C)[O-].[Hf+4]. The predicted octanol–water partition coefficient (Wildman–Crippen LogP) is -2.48. The van der Waals surface area contributed by atoms with Crippen LogP contribution in [-0.4, -0.2) is 79.3 Å². The van der Waals surface area contributed by atoms with Gasteiger partial charge in [0.1, 0.15) is 0 Å². The Morgan fingerprint density at radius 1 is 0.480 bits per heavy atom. The fourth-order valence-electron chi connectivity index (χ4n) is 0.939. The predicted molar refractivity (Wildman–Crippen MR) is 85.4 cm³/mol. The molecule has 0 rings (SSSR count). The van der Waals surface area contributed by atoms with Crippen LogP contribution < -0.4 is 20.4 Å². The Kier molecular flexibility index (Phi) is 47.0. The molecular weight excluding hydrogens is 499 g/mol. The number of hydrogen-bond acceptors (Lipinski definition) is 8. The minimum Gasteiger partial charge on any atom is -0.851 e. The second kappa shape index (κ2) is 32.2. The van der Waals surface area contributed by atoms with Gasteiger partial charge in [0.05, 0.1) is 0 Å². The van der Waals surface area contributed by atoms with Gasteiger partial charge in [-0.15, -0.1) is 24.4 Å². The summed E-state index contributed by atoms with van der Waals surface area (Å²) in [5.74, 6) is 0. The van der Waals surface area contributed by atoms with Crippen molar-refractivity contribution in [1.82, 2.24) is 0 Å². The second-order valence-corrected chi connectivity index (χ2v) is 5.06. The number of hydrogen-bond donors (Lipinski definition) is 0. The van der Waals surface area contributed by atoms with Crippen LogP contribution in [0.4, 0.5) is 0 Å². The van der Waals surface area contributed by atoms with Crippen molar-refractivity contribution in [2.24, 2.45) is 0 Å². The van der Waals surface area contributed by atoms with E-state index in [-0.39, 0.29) is 25.8 Å². The van der Waals surface area contributed by atoms with E-state index in [0.29, 0.717) is 26.4 Å². The van der Waals surface area contributed by atoms with Gasteiger partial charge < -0.3 is 39.4 Å². The Labute approximate surface area is 172 Å². The van der Waals surface area contributed by atoms with E-state index in [1.807, 2.05) is 0 Å². The molecule has 25 heavy (non-hydrogen) atoms. The van der Waals surface area contributed by atoms with Crippen LogP contribution in [0.3, 0.4) is 0 Å². The maximum Gasteiger partial charge on any atom is 4.00 e. The van der Waals surface area contributed by atoms with Crippen molar-refractivity contribution in [2.75, 3.05) is 54.9 Å². The van der Waals surface area contributed by atoms with Crippen LogP contribution in [0.2, 0.25) is 0 Å².